The SMILES string of the molecule is CCCCCCCCCCCC(=O)OC[C@@H](CCC[C@@H](N)C(=O)N[C@@H](C)COCCSP(=O)(O)O)OC(=O)CCCCCCCCCCC. The van der Waals surface area contributed by atoms with Crippen molar-refractivity contribution < 1.29 is 42.9 Å². The van der Waals surface area contributed by atoms with Crippen LogP contribution in [0, 0.1) is 0 Å². The number of rotatable bonds is 35. The second-order valence-corrected chi connectivity index (χ2v) is 17.1. The summed E-state index contributed by atoms with van der Waals surface area (Å²) in [5.41, 5.74) is 6.12. The number of nitrogens with two attached hydrogens (primary N) is 1. The molecule has 1 amide bonds. The Balaban J connectivity index is 4.58. The molecule has 13 heteroatoms. The van der Waals surface area contributed by atoms with E-state index in [2.05, 4.69) is 19.2 Å². The number of hydrogen-bond donors (Lipinski definition) is 4. The summed E-state index contributed by atoms with van der Waals surface area (Å²) in [5.74, 6) is -0.773. The van der Waals surface area contributed by atoms with Gasteiger partial charge in [0.05, 0.1) is 19.3 Å². The second-order valence-electron chi connectivity index (χ2n) is 13.3. The van der Waals surface area contributed by atoms with Gasteiger partial charge in [0.1, 0.15) is 12.7 Å². The van der Waals surface area contributed by atoms with Crippen LogP contribution in [0.2, 0.25) is 0 Å². The third-order valence-electron chi connectivity index (χ3n) is 8.32. The molecule has 0 rings (SSSR count). The number of amides is 1. The maximum absolute atomic E-state index is 12.7. The number of hydrogen-bond acceptors (Lipinski definition) is 9. The van der Waals surface area contributed by atoms with E-state index in [-0.39, 0.29) is 49.5 Å². The van der Waals surface area contributed by atoms with Gasteiger partial charge in [-0.25, -0.2) is 4.57 Å². The molecule has 0 aliphatic heterocycles. The lowest BCUT2D eigenvalue weighted by atomic mass is 10.1. The zero-order chi connectivity index (χ0) is 36.6. The van der Waals surface area contributed by atoms with Crippen LogP contribution in [0.3, 0.4) is 0 Å². The van der Waals surface area contributed by atoms with Crippen molar-refractivity contribution in [3.8, 4) is 0 Å². The lowest BCUT2D eigenvalue weighted by Gasteiger charge is -2.20. The number of carbonyl (C=O) groups is 3. The first kappa shape index (κ1) is 47.8. The highest BCUT2D eigenvalue weighted by Crippen LogP contribution is 2.49. The Morgan fingerprint density at radius 3 is 1.71 bits per heavy atom. The first-order chi connectivity index (χ1) is 23.5. The molecule has 0 aliphatic rings. The summed E-state index contributed by atoms with van der Waals surface area (Å²) in [5, 5.41) is 2.79. The van der Waals surface area contributed by atoms with E-state index in [4.69, 9.17) is 29.7 Å². The second kappa shape index (κ2) is 32.7. The number of esters is 2. The average molecular weight is 739 g/mol. The number of ether oxygens (including phenoxy) is 3. The van der Waals surface area contributed by atoms with Crippen molar-refractivity contribution in [3.05, 3.63) is 0 Å². The molecule has 0 aliphatic carbocycles. The van der Waals surface area contributed by atoms with E-state index < -0.39 is 18.9 Å². The Morgan fingerprint density at radius 1 is 0.714 bits per heavy atom. The zero-order valence-electron chi connectivity index (χ0n) is 31.0. The molecule has 0 spiro atoms. The van der Waals surface area contributed by atoms with Crippen molar-refractivity contribution in [2.24, 2.45) is 5.73 Å². The van der Waals surface area contributed by atoms with E-state index in [9.17, 15) is 18.9 Å². The molecule has 0 heterocycles. The standard InChI is InChI=1S/C36H71N2O9PS/c1-4-6-8-10-12-14-16-18-20-25-34(39)46-30-32(47-35(40)26-21-19-17-15-13-11-9-7-5-2)23-22-24-33(37)36(41)38-31(3)29-45-27-28-49-48(42,43)44/h31-33H,4-30,37H2,1-3H3,(H,38,41)(H2,42,43,44)/t31-,32+,33+/m0/s1. The molecular weight excluding hydrogens is 667 g/mol. The highest BCUT2D eigenvalue weighted by atomic mass is 32.7. The van der Waals surface area contributed by atoms with Crippen LogP contribution in [0.1, 0.15) is 168 Å². The van der Waals surface area contributed by atoms with Crippen molar-refractivity contribution in [1.29, 1.82) is 0 Å². The Morgan fingerprint density at radius 2 is 1.20 bits per heavy atom. The average Bonchev–Trinajstić information content (AvgIpc) is 3.04. The molecule has 0 unspecified atom stereocenters. The molecule has 0 fully saturated rings. The minimum atomic E-state index is -4.13. The van der Waals surface area contributed by atoms with Gasteiger partial charge in [0.25, 0.3) is 0 Å². The molecule has 0 aromatic heterocycles. The summed E-state index contributed by atoms with van der Waals surface area (Å²) in [6, 6.07) is -1.11. The molecule has 49 heavy (non-hydrogen) atoms. The van der Waals surface area contributed by atoms with Gasteiger partial charge in [-0.1, -0.05) is 117 Å². The third kappa shape index (κ3) is 33.7. The molecule has 11 nitrogen and oxygen atoms in total. The van der Waals surface area contributed by atoms with E-state index in [0.717, 1.165) is 38.5 Å². The van der Waals surface area contributed by atoms with E-state index in [1.165, 1.54) is 77.0 Å². The number of unbranched alkanes of at least 4 members (excludes halogenated alkanes) is 16. The summed E-state index contributed by atoms with van der Waals surface area (Å²) in [4.78, 5) is 55.4. The molecular formula is C36H71N2O9PS. The predicted octanol–water partition coefficient (Wildman–Crippen LogP) is 8.13. The van der Waals surface area contributed by atoms with Crippen LogP contribution in [0.5, 0.6) is 0 Å². The van der Waals surface area contributed by atoms with Crippen LogP contribution in [-0.2, 0) is 33.2 Å². The van der Waals surface area contributed by atoms with Crippen LogP contribution in [-0.4, -0.2) is 71.4 Å². The van der Waals surface area contributed by atoms with E-state index >= 15 is 0 Å². The van der Waals surface area contributed by atoms with Crippen LogP contribution >= 0.6 is 18.2 Å². The fourth-order valence-electron chi connectivity index (χ4n) is 5.40. The van der Waals surface area contributed by atoms with Gasteiger partial charge in [-0.2, -0.15) is 0 Å². The normalized spacial score (nSPS) is 13.5. The predicted molar refractivity (Wildman–Crippen MR) is 199 cm³/mol. The Kier molecular flexibility index (Phi) is 31.9. The quantitative estimate of drug-likeness (QED) is 0.0281. The molecule has 0 radical (unpaired) electrons. The van der Waals surface area contributed by atoms with E-state index in [1.807, 2.05) is 0 Å². The lowest BCUT2D eigenvalue weighted by molar-refractivity contribution is -0.159. The topological polar surface area (TPSA) is 174 Å². The summed E-state index contributed by atoms with van der Waals surface area (Å²) < 4.78 is 27.5. The van der Waals surface area contributed by atoms with Gasteiger partial charge >= 0.3 is 18.7 Å². The van der Waals surface area contributed by atoms with Gasteiger partial charge < -0.3 is 35.0 Å². The molecule has 0 aromatic carbocycles. The minimum absolute atomic E-state index is 0.00409. The fourth-order valence-corrected chi connectivity index (χ4v) is 6.77. The molecule has 0 saturated heterocycles. The minimum Gasteiger partial charge on any atom is -0.462 e. The maximum Gasteiger partial charge on any atom is 0.384 e. The highest BCUT2D eigenvalue weighted by molar-refractivity contribution is 8.54. The van der Waals surface area contributed by atoms with Gasteiger partial charge in [0.15, 0.2) is 0 Å². The fraction of sp³-hybridized carbons (Fsp3) is 0.917. The largest absolute Gasteiger partial charge is 0.462 e. The summed E-state index contributed by atoms with van der Waals surface area (Å²) >= 11 is 0.516. The van der Waals surface area contributed by atoms with Gasteiger partial charge in [-0.15, -0.1) is 0 Å². The Hall–Kier alpha value is -1.17. The monoisotopic (exact) mass is 738 g/mol. The number of nitrogens with one attached hydrogen (secondary N) is 1. The lowest BCUT2D eigenvalue weighted by Crippen LogP contribution is -2.46. The molecule has 3 atom stereocenters. The Labute approximate surface area is 301 Å². The highest BCUT2D eigenvalue weighted by Gasteiger charge is 2.20. The van der Waals surface area contributed by atoms with Crippen LogP contribution < -0.4 is 11.1 Å². The summed E-state index contributed by atoms with van der Waals surface area (Å²) in [6.07, 6.45) is 22.3. The van der Waals surface area contributed by atoms with Crippen molar-refractivity contribution in [2.45, 2.75) is 187 Å². The van der Waals surface area contributed by atoms with Gasteiger partial charge in [0, 0.05) is 24.6 Å². The Bertz CT molecular complexity index is 877. The maximum atomic E-state index is 12.7. The summed E-state index contributed by atoms with van der Waals surface area (Å²) in [7, 11) is 0. The molecule has 290 valence electrons. The third-order valence-corrected chi connectivity index (χ3v) is 10.6. The van der Waals surface area contributed by atoms with Crippen LogP contribution in [0.15, 0.2) is 0 Å². The van der Waals surface area contributed by atoms with Crippen molar-refractivity contribution in [2.75, 3.05) is 25.6 Å². The zero-order valence-corrected chi connectivity index (χ0v) is 32.7. The van der Waals surface area contributed by atoms with Crippen LogP contribution in [0.4, 0.5) is 0 Å². The van der Waals surface area contributed by atoms with Crippen molar-refractivity contribution >= 4 is 36.0 Å². The molecule has 0 aromatic rings. The van der Waals surface area contributed by atoms with Gasteiger partial charge in [-0.3, -0.25) is 14.4 Å². The number of carbonyl (C=O) groups excluding carboxylic acids is 3. The first-order valence-corrected chi connectivity index (χ1v) is 22.4. The van der Waals surface area contributed by atoms with Crippen LogP contribution in [0.25, 0.3) is 0 Å². The molecule has 0 saturated carbocycles. The van der Waals surface area contributed by atoms with Crippen molar-refractivity contribution in [1.82, 2.24) is 5.32 Å². The van der Waals surface area contributed by atoms with E-state index in [1.54, 1.807) is 6.92 Å². The van der Waals surface area contributed by atoms with Gasteiger partial charge in [0.2, 0.25) is 5.91 Å². The first-order valence-electron chi connectivity index (χ1n) is 19.2. The molecule has 5 N–H and O–H groups in total. The summed E-state index contributed by atoms with van der Waals surface area (Å²) in [6.45, 7) is 2.38. The molecule has 0 bridgehead atoms. The van der Waals surface area contributed by atoms with Crippen molar-refractivity contribution in [3.63, 3.8) is 0 Å². The smallest absolute Gasteiger partial charge is 0.384 e. The van der Waals surface area contributed by atoms with E-state index in [0.29, 0.717) is 43.5 Å². The van der Waals surface area contributed by atoms with Gasteiger partial charge in [-0.05, 0) is 50.4 Å².